The number of aromatic hydroxyl groups is 1. The van der Waals surface area contributed by atoms with Gasteiger partial charge in [0, 0.05) is 19.2 Å². The molecule has 4 N–H and O–H groups in total. The molecule has 0 spiro atoms. The Balaban J connectivity index is 1.83. The highest BCUT2D eigenvalue weighted by Crippen LogP contribution is 2.24. The Hall–Kier alpha value is -2.50. The third-order valence-corrected chi connectivity index (χ3v) is 3.32. The number of carbonyl (C=O) groups is 1. The summed E-state index contributed by atoms with van der Waals surface area (Å²) < 4.78 is 0. The van der Waals surface area contributed by atoms with Crippen LogP contribution in [-0.4, -0.2) is 32.7 Å². The van der Waals surface area contributed by atoms with Crippen molar-refractivity contribution in [1.29, 1.82) is 0 Å². The lowest BCUT2D eigenvalue weighted by Gasteiger charge is -2.28. The number of nitrogens with two attached hydrogens (primary N) is 1. The topological polar surface area (TPSA) is 95.2 Å². The lowest BCUT2D eigenvalue weighted by Crippen LogP contribution is -2.36. The van der Waals surface area contributed by atoms with E-state index in [-0.39, 0.29) is 11.7 Å². The number of H-pyrrole nitrogens is 1. The number of anilines is 1. The van der Waals surface area contributed by atoms with Gasteiger partial charge in [0.2, 0.25) is 0 Å². The fourth-order valence-corrected chi connectivity index (χ4v) is 2.33. The van der Waals surface area contributed by atoms with Crippen molar-refractivity contribution in [3.8, 4) is 5.75 Å². The zero-order chi connectivity index (χ0) is 13.4. The van der Waals surface area contributed by atoms with Crippen molar-refractivity contribution in [2.24, 2.45) is 0 Å². The van der Waals surface area contributed by atoms with Crippen LogP contribution in [0, 0.1) is 0 Å². The third kappa shape index (κ3) is 2.12. The van der Waals surface area contributed by atoms with Crippen LogP contribution in [0.25, 0.3) is 0 Å². The fourth-order valence-electron chi connectivity index (χ4n) is 2.33. The van der Waals surface area contributed by atoms with Crippen molar-refractivity contribution in [3.63, 3.8) is 0 Å². The van der Waals surface area contributed by atoms with E-state index >= 15 is 0 Å². The molecule has 6 nitrogen and oxygen atoms in total. The minimum absolute atomic E-state index is 0.127. The largest absolute Gasteiger partial charge is 0.508 e. The number of hydrogen-bond acceptors (Lipinski definition) is 4. The maximum absolute atomic E-state index is 12.2. The first kappa shape index (κ1) is 11.6. The number of hydrogen-bond donors (Lipinski definition) is 3. The van der Waals surface area contributed by atoms with Gasteiger partial charge in [-0.1, -0.05) is 6.07 Å². The molecule has 1 amide bonds. The van der Waals surface area contributed by atoms with E-state index in [1.807, 2.05) is 6.07 Å². The molecule has 0 aliphatic carbocycles. The monoisotopic (exact) mass is 258 g/mol. The number of benzene rings is 1. The van der Waals surface area contributed by atoms with Crippen molar-refractivity contribution in [1.82, 2.24) is 15.1 Å². The molecule has 0 atom stereocenters. The van der Waals surface area contributed by atoms with Crippen molar-refractivity contribution in [2.75, 3.05) is 12.3 Å². The molecule has 0 bridgehead atoms. The van der Waals surface area contributed by atoms with E-state index in [1.165, 1.54) is 11.6 Å². The second kappa shape index (κ2) is 4.31. The number of rotatable bonds is 1. The average molecular weight is 258 g/mol. The Kier molecular flexibility index (Phi) is 2.63. The Morgan fingerprint density at radius 2 is 2.21 bits per heavy atom. The summed E-state index contributed by atoms with van der Waals surface area (Å²) in [4.78, 5) is 14.0. The van der Waals surface area contributed by atoms with Gasteiger partial charge in [0.05, 0.1) is 0 Å². The molecule has 2 aromatic rings. The van der Waals surface area contributed by atoms with Crippen LogP contribution >= 0.6 is 0 Å². The van der Waals surface area contributed by atoms with E-state index in [4.69, 9.17) is 5.73 Å². The number of carbonyl (C=O) groups excluding carboxylic acids is 1. The number of aromatic nitrogens is 2. The van der Waals surface area contributed by atoms with E-state index in [2.05, 4.69) is 10.2 Å². The van der Waals surface area contributed by atoms with Crippen LogP contribution in [0.15, 0.2) is 24.3 Å². The highest BCUT2D eigenvalue weighted by Gasteiger charge is 2.23. The van der Waals surface area contributed by atoms with Gasteiger partial charge >= 0.3 is 0 Å². The smallest absolute Gasteiger partial charge is 0.272 e. The first-order valence-electron chi connectivity index (χ1n) is 6.04. The van der Waals surface area contributed by atoms with Gasteiger partial charge in [-0.15, -0.1) is 0 Å². The summed E-state index contributed by atoms with van der Waals surface area (Å²) in [7, 11) is 0. The molecule has 1 aliphatic rings. The summed E-state index contributed by atoms with van der Waals surface area (Å²) in [6.07, 6.45) is 0.783. The number of nitrogens with one attached hydrogen (secondary N) is 1. The molecular formula is C13H14N4O2. The zero-order valence-electron chi connectivity index (χ0n) is 10.3. The predicted octanol–water partition coefficient (Wildman–Crippen LogP) is 0.896. The van der Waals surface area contributed by atoms with Crippen LogP contribution in [0.5, 0.6) is 5.75 Å². The van der Waals surface area contributed by atoms with Crippen LogP contribution in [0.1, 0.15) is 21.6 Å². The molecule has 2 heterocycles. The van der Waals surface area contributed by atoms with Crippen molar-refractivity contribution < 1.29 is 9.90 Å². The van der Waals surface area contributed by atoms with E-state index < -0.39 is 0 Å². The lowest BCUT2D eigenvalue weighted by molar-refractivity contribution is 0.0728. The standard InChI is InChI=1S/C13H14N4O2/c14-12-6-11(15-16-12)13(19)17-4-3-8-1-2-10(18)5-9(8)7-17/h1-2,5-6,18H,3-4,7H2,(H3,14,15,16). The summed E-state index contributed by atoms with van der Waals surface area (Å²) in [6.45, 7) is 1.14. The highest BCUT2D eigenvalue weighted by molar-refractivity contribution is 5.93. The zero-order valence-corrected chi connectivity index (χ0v) is 10.3. The molecule has 98 valence electrons. The van der Waals surface area contributed by atoms with Crippen molar-refractivity contribution >= 4 is 11.7 Å². The number of nitrogen functional groups attached to an aromatic ring is 1. The van der Waals surface area contributed by atoms with E-state index in [0.29, 0.717) is 24.6 Å². The molecule has 3 rings (SSSR count). The Morgan fingerprint density at radius 1 is 1.37 bits per heavy atom. The van der Waals surface area contributed by atoms with Gasteiger partial charge in [0.15, 0.2) is 0 Å². The second-order valence-corrected chi connectivity index (χ2v) is 4.64. The molecule has 0 saturated carbocycles. The van der Waals surface area contributed by atoms with Gasteiger partial charge < -0.3 is 15.7 Å². The highest BCUT2D eigenvalue weighted by atomic mass is 16.3. The number of amides is 1. The van der Waals surface area contributed by atoms with Gasteiger partial charge in [-0.05, 0) is 29.7 Å². The van der Waals surface area contributed by atoms with Crippen LogP contribution in [-0.2, 0) is 13.0 Å². The summed E-state index contributed by atoms with van der Waals surface area (Å²) in [5.41, 5.74) is 8.04. The summed E-state index contributed by atoms with van der Waals surface area (Å²) in [5.74, 6) is 0.399. The van der Waals surface area contributed by atoms with Crippen LogP contribution in [0.4, 0.5) is 5.82 Å². The normalized spacial score (nSPS) is 14.2. The van der Waals surface area contributed by atoms with Gasteiger partial charge in [-0.2, -0.15) is 5.10 Å². The second-order valence-electron chi connectivity index (χ2n) is 4.64. The Morgan fingerprint density at radius 3 is 2.95 bits per heavy atom. The van der Waals surface area contributed by atoms with Crippen molar-refractivity contribution in [2.45, 2.75) is 13.0 Å². The van der Waals surface area contributed by atoms with Crippen LogP contribution in [0.3, 0.4) is 0 Å². The van der Waals surface area contributed by atoms with Gasteiger partial charge in [-0.25, -0.2) is 0 Å². The number of phenols is 1. The number of phenolic OH excluding ortho intramolecular Hbond substituents is 1. The number of fused-ring (bicyclic) bond motifs is 1. The Labute approximate surface area is 109 Å². The SMILES string of the molecule is Nc1cc(C(=O)N2CCc3ccc(O)cc3C2)[nH]n1. The summed E-state index contributed by atoms with van der Waals surface area (Å²) in [5, 5.41) is 15.9. The molecule has 1 aliphatic heterocycles. The van der Waals surface area contributed by atoms with E-state index in [9.17, 15) is 9.90 Å². The van der Waals surface area contributed by atoms with Gasteiger partial charge in [-0.3, -0.25) is 9.89 Å². The van der Waals surface area contributed by atoms with Crippen LogP contribution in [0.2, 0.25) is 0 Å². The van der Waals surface area contributed by atoms with Gasteiger partial charge in [0.25, 0.3) is 5.91 Å². The molecule has 0 saturated heterocycles. The first-order valence-corrected chi connectivity index (χ1v) is 6.04. The lowest BCUT2D eigenvalue weighted by atomic mass is 9.99. The number of nitrogens with zero attached hydrogens (tertiary/aromatic N) is 2. The minimum atomic E-state index is -0.127. The summed E-state index contributed by atoms with van der Waals surface area (Å²) >= 11 is 0. The Bertz CT molecular complexity index is 635. The minimum Gasteiger partial charge on any atom is -0.508 e. The molecule has 6 heteroatoms. The first-order chi connectivity index (χ1) is 9.13. The molecular weight excluding hydrogens is 244 g/mol. The molecule has 1 aromatic carbocycles. The average Bonchev–Trinajstić information content (AvgIpc) is 2.83. The van der Waals surface area contributed by atoms with E-state index in [0.717, 1.165) is 12.0 Å². The van der Waals surface area contributed by atoms with Crippen LogP contribution < -0.4 is 5.73 Å². The molecule has 0 fully saturated rings. The molecule has 1 aromatic heterocycles. The molecule has 0 radical (unpaired) electrons. The maximum atomic E-state index is 12.2. The quantitative estimate of drug-likeness (QED) is 0.708. The predicted molar refractivity (Wildman–Crippen MR) is 69.6 cm³/mol. The van der Waals surface area contributed by atoms with Crippen molar-refractivity contribution in [3.05, 3.63) is 41.1 Å². The maximum Gasteiger partial charge on any atom is 0.272 e. The molecule has 19 heavy (non-hydrogen) atoms. The van der Waals surface area contributed by atoms with E-state index in [1.54, 1.807) is 17.0 Å². The number of aromatic amines is 1. The summed E-state index contributed by atoms with van der Waals surface area (Å²) in [6, 6.07) is 6.81. The van der Waals surface area contributed by atoms with Gasteiger partial charge in [0.1, 0.15) is 17.3 Å². The fraction of sp³-hybridized carbons (Fsp3) is 0.231. The third-order valence-electron chi connectivity index (χ3n) is 3.32. The molecule has 0 unspecified atom stereocenters.